The molecule has 2 aromatic carbocycles. The number of carbonyl (C=O) groups is 1. The maximum absolute atomic E-state index is 13.0. The quantitative estimate of drug-likeness (QED) is 0.887. The first-order valence-electron chi connectivity index (χ1n) is 6.44. The maximum atomic E-state index is 13.0. The van der Waals surface area contributed by atoms with E-state index >= 15 is 0 Å². The second-order valence-electron chi connectivity index (χ2n) is 4.72. The lowest BCUT2D eigenvalue weighted by atomic mass is 10.0. The Hall–Kier alpha value is -2.40. The Kier molecular flexibility index (Phi) is 4.55. The molecule has 0 aliphatic carbocycles. The summed E-state index contributed by atoms with van der Waals surface area (Å²) in [5.41, 5.74) is 6.77. The van der Waals surface area contributed by atoms with Crippen LogP contribution in [0.15, 0.2) is 42.5 Å². The molecule has 0 saturated carbocycles. The lowest BCUT2D eigenvalue weighted by Crippen LogP contribution is -2.13. The number of aliphatic hydroxyl groups is 1. The van der Waals surface area contributed by atoms with E-state index in [4.69, 9.17) is 10.5 Å². The van der Waals surface area contributed by atoms with Crippen LogP contribution in [0, 0.1) is 12.7 Å². The largest absolute Gasteiger partial charge is 0.491 e. The Balaban J connectivity index is 2.05. The summed E-state index contributed by atoms with van der Waals surface area (Å²) >= 11 is 0. The number of amides is 1. The molecule has 0 fully saturated rings. The number of aliphatic hydroxyl groups excluding tert-OH is 1. The fourth-order valence-electron chi connectivity index (χ4n) is 2.02. The minimum Gasteiger partial charge on any atom is -0.491 e. The highest BCUT2D eigenvalue weighted by Crippen LogP contribution is 2.21. The second kappa shape index (κ2) is 6.37. The van der Waals surface area contributed by atoms with Gasteiger partial charge in [0.2, 0.25) is 5.91 Å². The van der Waals surface area contributed by atoms with Crippen molar-refractivity contribution in [2.75, 3.05) is 6.61 Å². The molecule has 1 unspecified atom stereocenters. The van der Waals surface area contributed by atoms with Crippen LogP contribution in [0.25, 0.3) is 0 Å². The SMILES string of the molecule is Cc1cc(F)ccc1C(O)COc1cccc(C(N)=O)c1. The van der Waals surface area contributed by atoms with Crippen LogP contribution in [0.2, 0.25) is 0 Å². The summed E-state index contributed by atoms with van der Waals surface area (Å²) < 4.78 is 18.5. The minimum atomic E-state index is -0.886. The summed E-state index contributed by atoms with van der Waals surface area (Å²) in [6.45, 7) is 1.71. The Bertz CT molecular complexity index is 658. The van der Waals surface area contributed by atoms with Gasteiger partial charge >= 0.3 is 0 Å². The van der Waals surface area contributed by atoms with Crippen LogP contribution in [-0.4, -0.2) is 17.6 Å². The van der Waals surface area contributed by atoms with E-state index < -0.39 is 12.0 Å². The molecule has 0 bridgehead atoms. The smallest absolute Gasteiger partial charge is 0.248 e. The number of aryl methyl sites for hydroxylation is 1. The van der Waals surface area contributed by atoms with Crippen molar-refractivity contribution >= 4 is 5.91 Å². The van der Waals surface area contributed by atoms with Crippen molar-refractivity contribution in [2.45, 2.75) is 13.0 Å². The van der Waals surface area contributed by atoms with Crippen molar-refractivity contribution in [3.63, 3.8) is 0 Å². The molecule has 0 heterocycles. The summed E-state index contributed by atoms with van der Waals surface area (Å²) in [6.07, 6.45) is -0.886. The number of ether oxygens (including phenoxy) is 1. The second-order valence-corrected chi connectivity index (χ2v) is 4.72. The van der Waals surface area contributed by atoms with Gasteiger partial charge in [-0.1, -0.05) is 12.1 Å². The van der Waals surface area contributed by atoms with Crippen LogP contribution in [0.1, 0.15) is 27.6 Å². The summed E-state index contributed by atoms with van der Waals surface area (Å²) in [4.78, 5) is 11.1. The van der Waals surface area contributed by atoms with Gasteiger partial charge in [-0.25, -0.2) is 4.39 Å². The molecule has 3 N–H and O–H groups in total. The molecule has 0 aliphatic heterocycles. The van der Waals surface area contributed by atoms with Gasteiger partial charge in [0.15, 0.2) is 0 Å². The lowest BCUT2D eigenvalue weighted by molar-refractivity contribution is 0.0997. The van der Waals surface area contributed by atoms with Gasteiger partial charge in [0, 0.05) is 5.56 Å². The summed E-state index contributed by atoms with van der Waals surface area (Å²) in [7, 11) is 0. The normalized spacial score (nSPS) is 12.0. The first kappa shape index (κ1) is 15.0. The first-order chi connectivity index (χ1) is 9.97. The maximum Gasteiger partial charge on any atom is 0.248 e. The molecule has 0 radical (unpaired) electrons. The van der Waals surface area contributed by atoms with Crippen molar-refractivity contribution in [3.8, 4) is 5.75 Å². The number of carbonyl (C=O) groups excluding carboxylic acids is 1. The molecule has 0 aromatic heterocycles. The topological polar surface area (TPSA) is 72.6 Å². The zero-order valence-corrected chi connectivity index (χ0v) is 11.5. The zero-order chi connectivity index (χ0) is 15.4. The lowest BCUT2D eigenvalue weighted by Gasteiger charge is -2.15. The van der Waals surface area contributed by atoms with Crippen molar-refractivity contribution in [3.05, 3.63) is 65.0 Å². The van der Waals surface area contributed by atoms with Gasteiger partial charge in [0.25, 0.3) is 0 Å². The fourth-order valence-corrected chi connectivity index (χ4v) is 2.02. The zero-order valence-electron chi connectivity index (χ0n) is 11.5. The third kappa shape index (κ3) is 3.79. The molecule has 0 aliphatic rings. The highest BCUT2D eigenvalue weighted by Gasteiger charge is 2.12. The van der Waals surface area contributed by atoms with Crippen LogP contribution >= 0.6 is 0 Å². The highest BCUT2D eigenvalue weighted by molar-refractivity contribution is 5.93. The van der Waals surface area contributed by atoms with Gasteiger partial charge in [-0.3, -0.25) is 4.79 Å². The monoisotopic (exact) mass is 289 g/mol. The Labute approximate surface area is 122 Å². The molecule has 4 nitrogen and oxygen atoms in total. The van der Waals surface area contributed by atoms with E-state index in [2.05, 4.69) is 0 Å². The molecular weight excluding hydrogens is 273 g/mol. The Morgan fingerprint density at radius 2 is 2.10 bits per heavy atom. The molecule has 110 valence electrons. The molecule has 0 saturated heterocycles. The van der Waals surface area contributed by atoms with Crippen LogP contribution in [0.4, 0.5) is 4.39 Å². The van der Waals surface area contributed by atoms with E-state index in [0.29, 0.717) is 22.4 Å². The van der Waals surface area contributed by atoms with Crippen molar-refractivity contribution < 1.29 is 19.0 Å². The van der Waals surface area contributed by atoms with Crippen LogP contribution in [-0.2, 0) is 0 Å². The predicted molar refractivity (Wildman–Crippen MR) is 76.6 cm³/mol. The van der Waals surface area contributed by atoms with E-state index in [0.717, 1.165) is 0 Å². The van der Waals surface area contributed by atoms with Crippen molar-refractivity contribution in [1.29, 1.82) is 0 Å². The average molecular weight is 289 g/mol. The molecule has 5 heteroatoms. The summed E-state index contributed by atoms with van der Waals surface area (Å²) in [6, 6.07) is 10.6. The van der Waals surface area contributed by atoms with Gasteiger partial charge in [-0.05, 0) is 48.4 Å². The van der Waals surface area contributed by atoms with Gasteiger partial charge in [0.05, 0.1) is 0 Å². The molecule has 21 heavy (non-hydrogen) atoms. The van der Waals surface area contributed by atoms with Gasteiger partial charge < -0.3 is 15.6 Å². The van der Waals surface area contributed by atoms with Crippen LogP contribution < -0.4 is 10.5 Å². The number of benzene rings is 2. The standard InChI is InChI=1S/C16H16FNO3/c1-10-7-12(17)5-6-14(10)15(19)9-21-13-4-2-3-11(8-13)16(18)20/h2-8,15,19H,9H2,1H3,(H2,18,20). The third-order valence-electron chi connectivity index (χ3n) is 3.12. The predicted octanol–water partition coefficient (Wildman–Crippen LogP) is 2.35. The van der Waals surface area contributed by atoms with Gasteiger partial charge in [-0.15, -0.1) is 0 Å². The average Bonchev–Trinajstić information content (AvgIpc) is 2.45. The van der Waals surface area contributed by atoms with Crippen LogP contribution in [0.3, 0.4) is 0 Å². The molecule has 1 amide bonds. The minimum absolute atomic E-state index is 0.00527. The molecule has 1 atom stereocenters. The summed E-state index contributed by atoms with van der Waals surface area (Å²) in [5, 5.41) is 10.1. The number of hydrogen-bond donors (Lipinski definition) is 2. The van der Waals surface area contributed by atoms with Gasteiger partial charge in [-0.2, -0.15) is 0 Å². The Morgan fingerprint density at radius 3 is 2.76 bits per heavy atom. The fraction of sp³-hybridized carbons (Fsp3) is 0.188. The van der Waals surface area contributed by atoms with Crippen molar-refractivity contribution in [2.24, 2.45) is 5.73 Å². The first-order valence-corrected chi connectivity index (χ1v) is 6.44. The van der Waals surface area contributed by atoms with E-state index in [9.17, 15) is 14.3 Å². The molecule has 2 aromatic rings. The number of primary amides is 1. The number of hydrogen-bond acceptors (Lipinski definition) is 3. The van der Waals surface area contributed by atoms with Crippen LogP contribution in [0.5, 0.6) is 5.75 Å². The number of nitrogens with two attached hydrogens (primary N) is 1. The molecule has 2 rings (SSSR count). The highest BCUT2D eigenvalue weighted by atomic mass is 19.1. The van der Waals surface area contributed by atoms with E-state index in [1.54, 1.807) is 25.1 Å². The number of rotatable bonds is 5. The summed E-state index contributed by atoms with van der Waals surface area (Å²) in [5.74, 6) is -0.459. The molecular formula is C16H16FNO3. The molecule has 0 spiro atoms. The Morgan fingerprint density at radius 1 is 1.33 bits per heavy atom. The van der Waals surface area contributed by atoms with E-state index in [1.807, 2.05) is 0 Å². The van der Waals surface area contributed by atoms with E-state index in [-0.39, 0.29) is 12.4 Å². The van der Waals surface area contributed by atoms with Crippen molar-refractivity contribution in [1.82, 2.24) is 0 Å². The number of halogens is 1. The third-order valence-corrected chi connectivity index (χ3v) is 3.12. The van der Waals surface area contributed by atoms with E-state index in [1.165, 1.54) is 24.3 Å². The van der Waals surface area contributed by atoms with Gasteiger partial charge in [0.1, 0.15) is 24.3 Å².